The van der Waals surface area contributed by atoms with Crippen LogP contribution in [-0.4, -0.2) is 61.2 Å². The number of methoxy groups -OCH3 is 1. The van der Waals surface area contributed by atoms with Crippen molar-refractivity contribution < 1.29 is 37.0 Å². The van der Waals surface area contributed by atoms with E-state index in [-0.39, 0.29) is 68.8 Å². The normalized spacial score (nSPS) is 14.3. The van der Waals surface area contributed by atoms with Gasteiger partial charge in [0, 0.05) is 23.6 Å². The smallest absolute Gasteiger partial charge is 0.322 e. The van der Waals surface area contributed by atoms with Gasteiger partial charge in [-0.1, -0.05) is 114 Å². The van der Waals surface area contributed by atoms with Crippen LogP contribution in [0.4, 0.5) is 5.69 Å². The zero-order valence-corrected chi connectivity index (χ0v) is 37.5. The Balaban J connectivity index is 1.47. The molecule has 7 rings (SSSR count). The van der Waals surface area contributed by atoms with E-state index < -0.39 is 42.7 Å². The maximum Gasteiger partial charge on any atom is 0.322 e. The Labute approximate surface area is 358 Å². The van der Waals surface area contributed by atoms with Crippen LogP contribution >= 0.6 is 0 Å². The molecule has 2 heterocycles. The molecular formula is C47H52N4O8SSi. The lowest BCUT2D eigenvalue weighted by Crippen LogP contribution is -2.49. The van der Waals surface area contributed by atoms with Crippen LogP contribution in [0, 0.1) is 6.92 Å². The van der Waals surface area contributed by atoms with Crippen molar-refractivity contribution >= 4 is 46.7 Å². The second-order valence-electron chi connectivity index (χ2n) is 16.4. The number of hydrogen-bond donors (Lipinski definition) is 2. The maximum atomic E-state index is 15.2. The van der Waals surface area contributed by atoms with Crippen molar-refractivity contribution in [3.05, 3.63) is 131 Å². The van der Waals surface area contributed by atoms with Gasteiger partial charge in [0.2, 0.25) is 20.0 Å². The first kappa shape index (κ1) is 43.3. The highest BCUT2D eigenvalue weighted by molar-refractivity contribution is 7.90. The molecule has 6 aromatic rings. The first-order chi connectivity index (χ1) is 29.1. The number of fused-ring (bicyclic) bond motifs is 3. The molecule has 1 aliphatic carbocycles. The average Bonchev–Trinajstić information content (AvgIpc) is 3.59. The minimum atomic E-state index is -4.07. The number of aliphatic carboxylic acids is 1. The molecule has 0 saturated carbocycles. The summed E-state index contributed by atoms with van der Waals surface area (Å²) < 4.78 is 49.5. The molecule has 0 aliphatic heterocycles. The minimum Gasteiger partial charge on any atom is -0.487 e. The van der Waals surface area contributed by atoms with Crippen molar-refractivity contribution in [2.75, 3.05) is 19.0 Å². The predicted molar refractivity (Wildman–Crippen MR) is 239 cm³/mol. The number of aromatic nitrogens is 3. The molecule has 0 bridgehead atoms. The fraction of sp³-hybridized carbons (Fsp3) is 0.319. The van der Waals surface area contributed by atoms with Crippen LogP contribution in [-0.2, 0) is 32.3 Å². The van der Waals surface area contributed by atoms with Gasteiger partial charge in [-0.15, -0.1) is 0 Å². The van der Waals surface area contributed by atoms with Crippen LogP contribution < -0.4 is 14.8 Å². The molecule has 0 fully saturated rings. The Hall–Kier alpha value is -5.83. The SMILES string of the molecule is COc1nc2c(nc1-c1cn(S(=O)(=O)c3ccc(C)cc3)c3ccccc13)C(O[Si](C(C)C)(C(C)C)C(C)C)Cc1ccc(OCc3ccccc3)c(NCC(=O)O)c1C2=O. The Morgan fingerprint density at radius 2 is 1.54 bits per heavy atom. The number of carboxylic acid groups (broad SMARTS) is 1. The first-order valence-electron chi connectivity index (χ1n) is 20.5. The van der Waals surface area contributed by atoms with Crippen molar-refractivity contribution in [1.29, 1.82) is 0 Å². The van der Waals surface area contributed by atoms with Crippen LogP contribution in [0.15, 0.2) is 102 Å². The van der Waals surface area contributed by atoms with E-state index >= 15 is 4.79 Å². The van der Waals surface area contributed by atoms with Crippen molar-refractivity contribution in [3.8, 4) is 22.9 Å². The number of para-hydroxylation sites is 1. The van der Waals surface area contributed by atoms with Crippen molar-refractivity contribution in [2.45, 2.75) is 89.1 Å². The van der Waals surface area contributed by atoms with Gasteiger partial charge in [-0.2, -0.15) is 0 Å². The first-order valence-corrected chi connectivity index (χ1v) is 24.1. The molecule has 2 N–H and O–H groups in total. The van der Waals surface area contributed by atoms with E-state index in [4.69, 9.17) is 23.9 Å². The summed E-state index contributed by atoms with van der Waals surface area (Å²) in [7, 11) is -5.33. The number of hydrogen-bond acceptors (Lipinski definition) is 10. The highest BCUT2D eigenvalue weighted by atomic mass is 32.2. The van der Waals surface area contributed by atoms with Crippen LogP contribution in [0.3, 0.4) is 0 Å². The number of rotatable bonds is 15. The Morgan fingerprint density at radius 1 is 0.885 bits per heavy atom. The van der Waals surface area contributed by atoms with Gasteiger partial charge in [0.15, 0.2) is 0 Å². The number of carbonyl (C=O) groups is 2. The van der Waals surface area contributed by atoms with E-state index in [1.54, 1.807) is 42.5 Å². The summed E-state index contributed by atoms with van der Waals surface area (Å²) in [5, 5.41) is 13.4. The largest absolute Gasteiger partial charge is 0.487 e. The minimum absolute atomic E-state index is 0.00144. The van der Waals surface area contributed by atoms with E-state index in [0.717, 1.165) is 11.1 Å². The molecule has 318 valence electrons. The van der Waals surface area contributed by atoms with Gasteiger partial charge >= 0.3 is 5.97 Å². The molecule has 1 unspecified atom stereocenters. The molecule has 61 heavy (non-hydrogen) atoms. The molecule has 14 heteroatoms. The topological polar surface area (TPSA) is 159 Å². The zero-order chi connectivity index (χ0) is 43.8. The molecule has 1 atom stereocenters. The lowest BCUT2D eigenvalue weighted by atomic mass is 9.98. The number of nitrogens with one attached hydrogen (secondary N) is 1. The van der Waals surface area contributed by atoms with Gasteiger partial charge in [0.25, 0.3) is 10.0 Å². The van der Waals surface area contributed by atoms with Gasteiger partial charge in [-0.25, -0.2) is 22.4 Å². The number of carbonyl (C=O) groups excluding carboxylic acids is 1. The lowest BCUT2D eigenvalue weighted by molar-refractivity contribution is -0.134. The molecule has 4 aromatic carbocycles. The van der Waals surface area contributed by atoms with Gasteiger partial charge in [0.1, 0.15) is 30.3 Å². The number of aryl methyl sites for hydroxylation is 1. The molecule has 12 nitrogen and oxygen atoms in total. The fourth-order valence-electron chi connectivity index (χ4n) is 8.92. The zero-order valence-electron chi connectivity index (χ0n) is 35.7. The van der Waals surface area contributed by atoms with Crippen LogP contribution in [0.1, 0.15) is 86.1 Å². The number of ketones is 1. The van der Waals surface area contributed by atoms with E-state index in [2.05, 4.69) is 46.9 Å². The Morgan fingerprint density at radius 3 is 2.18 bits per heavy atom. The standard InChI is InChI=1S/C47H52N4O8SSi/c1-28(2)61(29(3)4,30(5)6)59-39-24-33-20-23-38(58-27-32-14-10-9-11-15-32)43(48-25-40(52)53)41(33)46(54)45-44(39)49-42(47(50-45)57-8)36-26-51(37-17-13-12-16-35(36)37)60(55,56)34-21-18-31(7)19-22-34/h9-23,26,28-30,39,48H,24-25,27H2,1-8H3,(H,52,53). The van der Waals surface area contributed by atoms with Crippen molar-refractivity contribution in [2.24, 2.45) is 0 Å². The van der Waals surface area contributed by atoms with E-state index in [1.165, 1.54) is 17.3 Å². The fourth-order valence-corrected chi connectivity index (χ4v) is 15.8. The summed E-state index contributed by atoms with van der Waals surface area (Å²) in [5.41, 5.74) is 4.74. The van der Waals surface area contributed by atoms with Gasteiger partial charge in [0.05, 0.1) is 40.6 Å². The van der Waals surface area contributed by atoms with Crippen molar-refractivity contribution in [3.63, 3.8) is 0 Å². The number of ether oxygens (including phenoxy) is 2. The lowest BCUT2D eigenvalue weighted by Gasteiger charge is -2.44. The van der Waals surface area contributed by atoms with Crippen LogP contribution in [0.5, 0.6) is 11.6 Å². The van der Waals surface area contributed by atoms with Gasteiger partial charge in [-0.3, -0.25) is 9.59 Å². The quantitative estimate of drug-likeness (QED) is 0.0947. The second kappa shape index (κ2) is 17.3. The predicted octanol–water partition coefficient (Wildman–Crippen LogP) is 9.75. The number of nitrogens with zero attached hydrogens (tertiary/aromatic N) is 3. The third-order valence-corrected chi connectivity index (χ3v) is 19.5. The number of carboxylic acids is 1. The number of benzene rings is 4. The summed E-state index contributed by atoms with van der Waals surface area (Å²) >= 11 is 0. The van der Waals surface area contributed by atoms with E-state index in [1.807, 2.05) is 55.5 Å². The average molecular weight is 861 g/mol. The Kier molecular flexibility index (Phi) is 12.2. The molecule has 0 amide bonds. The maximum absolute atomic E-state index is 15.2. The third-order valence-electron chi connectivity index (χ3n) is 11.7. The van der Waals surface area contributed by atoms with E-state index in [9.17, 15) is 18.3 Å². The monoisotopic (exact) mass is 860 g/mol. The molecular weight excluding hydrogens is 809 g/mol. The van der Waals surface area contributed by atoms with Crippen molar-refractivity contribution in [1.82, 2.24) is 13.9 Å². The molecule has 0 saturated heterocycles. The summed E-state index contributed by atoms with van der Waals surface area (Å²) in [4.78, 5) is 37.6. The second-order valence-corrected chi connectivity index (χ2v) is 23.7. The molecule has 1 aliphatic rings. The highest BCUT2D eigenvalue weighted by Gasteiger charge is 2.48. The molecule has 0 spiro atoms. The third kappa shape index (κ3) is 8.07. The highest BCUT2D eigenvalue weighted by Crippen LogP contribution is 2.49. The van der Waals surface area contributed by atoms with Crippen LogP contribution in [0.2, 0.25) is 16.6 Å². The summed E-state index contributed by atoms with van der Waals surface area (Å²) in [5.74, 6) is -1.33. The van der Waals surface area contributed by atoms with E-state index in [0.29, 0.717) is 27.8 Å². The summed E-state index contributed by atoms with van der Waals surface area (Å²) in [6.07, 6.45) is 0.964. The summed E-state index contributed by atoms with van der Waals surface area (Å²) in [6.45, 7) is 14.7. The number of anilines is 1. The Bertz CT molecular complexity index is 2690. The molecule has 2 aromatic heterocycles. The van der Waals surface area contributed by atoms with Crippen LogP contribution in [0.25, 0.3) is 22.2 Å². The van der Waals surface area contributed by atoms with Gasteiger partial charge in [-0.05, 0) is 58.9 Å². The van der Waals surface area contributed by atoms with Gasteiger partial charge < -0.3 is 24.3 Å². The molecule has 0 radical (unpaired) electrons. The summed E-state index contributed by atoms with van der Waals surface area (Å²) in [6, 6.07) is 26.9.